The van der Waals surface area contributed by atoms with Crippen molar-refractivity contribution in [2.75, 3.05) is 0 Å². The fourth-order valence-electron chi connectivity index (χ4n) is 1.78. The summed E-state index contributed by atoms with van der Waals surface area (Å²) < 4.78 is 2.45. The summed E-state index contributed by atoms with van der Waals surface area (Å²) in [6, 6.07) is 0. The Morgan fingerprint density at radius 3 is 2.86 bits per heavy atom. The minimum Gasteiger partial charge on any atom is -0.292 e. The summed E-state index contributed by atoms with van der Waals surface area (Å²) in [4.78, 5) is 11.9. The third-order valence-electron chi connectivity index (χ3n) is 2.86. The molecule has 0 spiro atoms. The number of carbonyl (C=O) groups is 1. The third kappa shape index (κ3) is 1.75. The zero-order valence-corrected chi connectivity index (χ0v) is 9.75. The molecule has 1 fully saturated rings. The van der Waals surface area contributed by atoms with Crippen molar-refractivity contribution in [1.29, 1.82) is 0 Å². The first kappa shape index (κ1) is 9.90. The lowest BCUT2D eigenvalue weighted by Crippen LogP contribution is -2.18. The van der Waals surface area contributed by atoms with Crippen molar-refractivity contribution in [3.05, 3.63) is 16.4 Å². The lowest BCUT2D eigenvalue weighted by molar-refractivity contribution is 0.0926. The van der Waals surface area contributed by atoms with Gasteiger partial charge in [-0.25, -0.2) is 0 Å². The highest BCUT2D eigenvalue weighted by molar-refractivity contribution is 9.10. The number of hydrogen-bond donors (Lipinski definition) is 0. The van der Waals surface area contributed by atoms with E-state index in [1.807, 2.05) is 0 Å². The van der Waals surface area contributed by atoms with E-state index in [-0.39, 0.29) is 5.78 Å². The van der Waals surface area contributed by atoms with Gasteiger partial charge in [0.1, 0.15) is 5.69 Å². The molecule has 1 aromatic rings. The monoisotopic (exact) mass is 256 g/mol. The summed E-state index contributed by atoms with van der Waals surface area (Å²) in [6.07, 6.45) is 6.05. The molecule has 0 atom stereocenters. The van der Waals surface area contributed by atoms with Gasteiger partial charge < -0.3 is 0 Å². The summed E-state index contributed by atoms with van der Waals surface area (Å²) in [6.45, 7) is 0. The Bertz CT molecular complexity index is 336. The summed E-state index contributed by atoms with van der Waals surface area (Å²) in [7, 11) is 1.80. The van der Waals surface area contributed by atoms with E-state index in [1.54, 1.807) is 17.9 Å². The zero-order chi connectivity index (χ0) is 10.1. The van der Waals surface area contributed by atoms with Gasteiger partial charge in [-0.1, -0.05) is 19.3 Å². The van der Waals surface area contributed by atoms with Gasteiger partial charge in [-0.3, -0.25) is 9.48 Å². The van der Waals surface area contributed by atoms with Crippen LogP contribution in [0, 0.1) is 5.92 Å². The molecule has 4 heteroatoms. The Morgan fingerprint density at radius 2 is 2.43 bits per heavy atom. The first-order valence-corrected chi connectivity index (χ1v) is 5.68. The van der Waals surface area contributed by atoms with Crippen molar-refractivity contribution in [2.45, 2.75) is 25.7 Å². The van der Waals surface area contributed by atoms with Crippen LogP contribution in [0.1, 0.15) is 36.2 Å². The van der Waals surface area contributed by atoms with Crippen LogP contribution in [-0.2, 0) is 7.05 Å². The second-order valence-electron chi connectivity index (χ2n) is 3.89. The van der Waals surface area contributed by atoms with Crippen LogP contribution in [0.2, 0.25) is 0 Å². The highest BCUT2D eigenvalue weighted by Gasteiger charge is 2.24. The first-order valence-electron chi connectivity index (χ1n) is 4.89. The van der Waals surface area contributed by atoms with Gasteiger partial charge in [-0.15, -0.1) is 0 Å². The maximum atomic E-state index is 11.9. The molecule has 1 heterocycles. The van der Waals surface area contributed by atoms with Crippen molar-refractivity contribution in [3.8, 4) is 0 Å². The van der Waals surface area contributed by atoms with Gasteiger partial charge in [0.15, 0.2) is 5.78 Å². The molecule has 0 N–H and O–H groups in total. The number of aromatic nitrogens is 2. The van der Waals surface area contributed by atoms with Gasteiger partial charge >= 0.3 is 0 Å². The van der Waals surface area contributed by atoms with Crippen LogP contribution in [0.3, 0.4) is 0 Å². The number of nitrogens with zero attached hydrogens (tertiary/aromatic N) is 2. The molecule has 0 saturated heterocycles. The molecule has 0 bridgehead atoms. The number of hydrogen-bond acceptors (Lipinski definition) is 2. The Kier molecular flexibility index (Phi) is 2.72. The van der Waals surface area contributed by atoms with E-state index in [2.05, 4.69) is 21.0 Å². The van der Waals surface area contributed by atoms with E-state index in [9.17, 15) is 4.79 Å². The molecule has 2 rings (SSSR count). The van der Waals surface area contributed by atoms with Crippen molar-refractivity contribution in [1.82, 2.24) is 9.78 Å². The normalized spacial score (nSPS) is 16.7. The number of ketones is 1. The van der Waals surface area contributed by atoms with E-state index >= 15 is 0 Å². The van der Waals surface area contributed by atoms with Crippen LogP contribution in [0.5, 0.6) is 0 Å². The van der Waals surface area contributed by atoms with Crippen LogP contribution in [0.4, 0.5) is 0 Å². The lowest BCUT2D eigenvalue weighted by atomic mass is 9.81. The minimum atomic E-state index is 0.210. The fraction of sp³-hybridized carbons (Fsp3) is 0.600. The van der Waals surface area contributed by atoms with Gasteiger partial charge in [0, 0.05) is 13.5 Å². The van der Waals surface area contributed by atoms with Gasteiger partial charge in [0.2, 0.25) is 0 Å². The standard InChI is InChI=1S/C10H13BrN2O/c1-13-10(8(11)6-12-13)9(14)5-7-3-2-4-7/h6-7H,2-5H2,1H3. The van der Waals surface area contributed by atoms with Crippen molar-refractivity contribution < 1.29 is 4.79 Å². The number of rotatable bonds is 3. The Morgan fingerprint density at radius 1 is 1.71 bits per heavy atom. The van der Waals surface area contributed by atoms with E-state index in [0.29, 0.717) is 18.0 Å². The van der Waals surface area contributed by atoms with Crippen molar-refractivity contribution in [3.63, 3.8) is 0 Å². The molecule has 0 radical (unpaired) electrons. The minimum absolute atomic E-state index is 0.210. The molecule has 76 valence electrons. The highest BCUT2D eigenvalue weighted by atomic mass is 79.9. The molecule has 14 heavy (non-hydrogen) atoms. The van der Waals surface area contributed by atoms with Crippen LogP contribution in [0.15, 0.2) is 10.7 Å². The van der Waals surface area contributed by atoms with Crippen molar-refractivity contribution >= 4 is 21.7 Å². The molecule has 1 aliphatic carbocycles. The Labute approximate surface area is 91.6 Å². The molecule has 0 unspecified atom stereocenters. The Hall–Kier alpha value is -0.640. The number of aryl methyl sites for hydroxylation is 1. The molecule has 1 aliphatic rings. The zero-order valence-electron chi connectivity index (χ0n) is 8.16. The van der Waals surface area contributed by atoms with E-state index in [0.717, 1.165) is 4.47 Å². The van der Waals surface area contributed by atoms with E-state index in [1.165, 1.54) is 19.3 Å². The van der Waals surface area contributed by atoms with Crippen LogP contribution in [-0.4, -0.2) is 15.6 Å². The molecule has 1 aromatic heterocycles. The van der Waals surface area contributed by atoms with Crippen LogP contribution >= 0.6 is 15.9 Å². The molecule has 0 aliphatic heterocycles. The summed E-state index contributed by atoms with van der Waals surface area (Å²) in [5.41, 5.74) is 0.705. The molecular weight excluding hydrogens is 244 g/mol. The van der Waals surface area contributed by atoms with Gasteiger partial charge in [0.05, 0.1) is 10.7 Å². The van der Waals surface area contributed by atoms with Crippen molar-refractivity contribution in [2.24, 2.45) is 13.0 Å². The molecule has 0 amide bonds. The predicted molar refractivity (Wildman–Crippen MR) is 57.2 cm³/mol. The molecule has 3 nitrogen and oxygen atoms in total. The Balaban J connectivity index is 2.09. The quantitative estimate of drug-likeness (QED) is 0.780. The van der Waals surface area contributed by atoms with Gasteiger partial charge in [0.25, 0.3) is 0 Å². The lowest BCUT2D eigenvalue weighted by Gasteiger charge is -2.24. The average Bonchev–Trinajstić information content (AvgIpc) is 2.39. The third-order valence-corrected chi connectivity index (χ3v) is 3.44. The van der Waals surface area contributed by atoms with E-state index < -0.39 is 0 Å². The molecule has 0 aromatic carbocycles. The highest BCUT2D eigenvalue weighted by Crippen LogP contribution is 2.31. The smallest absolute Gasteiger partial charge is 0.182 e. The molecule has 1 saturated carbocycles. The average molecular weight is 257 g/mol. The summed E-state index contributed by atoms with van der Waals surface area (Å²) in [5, 5.41) is 4.04. The number of Topliss-reactive ketones (excluding diaryl/α,β-unsaturated/α-hetero) is 1. The summed E-state index contributed by atoms with van der Waals surface area (Å²) >= 11 is 3.34. The van der Waals surface area contributed by atoms with Crippen LogP contribution < -0.4 is 0 Å². The largest absolute Gasteiger partial charge is 0.292 e. The maximum Gasteiger partial charge on any atom is 0.182 e. The van der Waals surface area contributed by atoms with Crippen LogP contribution in [0.25, 0.3) is 0 Å². The fourth-order valence-corrected chi connectivity index (χ4v) is 2.35. The SMILES string of the molecule is Cn1ncc(Br)c1C(=O)CC1CCC1. The van der Waals surface area contributed by atoms with Gasteiger partial charge in [-0.2, -0.15) is 5.10 Å². The topological polar surface area (TPSA) is 34.9 Å². The molecular formula is C10H13BrN2O. The number of halogens is 1. The summed E-state index contributed by atoms with van der Waals surface area (Å²) in [5.74, 6) is 0.825. The van der Waals surface area contributed by atoms with Gasteiger partial charge in [-0.05, 0) is 21.8 Å². The second-order valence-corrected chi connectivity index (χ2v) is 4.74. The predicted octanol–water partition coefficient (Wildman–Crippen LogP) is 2.56. The maximum absolute atomic E-state index is 11.9. The number of carbonyl (C=O) groups excluding carboxylic acids is 1. The van der Waals surface area contributed by atoms with E-state index in [4.69, 9.17) is 0 Å². The first-order chi connectivity index (χ1) is 6.68. The second kappa shape index (κ2) is 3.85.